The molecule has 8 heavy (non-hydrogen) atoms. The lowest BCUT2D eigenvalue weighted by Crippen LogP contribution is -2.37. The number of nitrogens with two attached hydrogens (primary N) is 1. The maximum atomic E-state index is 10.2. The van der Waals surface area contributed by atoms with Crippen molar-refractivity contribution in [3.8, 4) is 0 Å². The van der Waals surface area contributed by atoms with E-state index >= 15 is 0 Å². The second-order valence-corrected chi connectivity index (χ2v) is 6.04. The lowest BCUT2D eigenvalue weighted by molar-refractivity contribution is 0.245. The smallest absolute Gasteiger partial charge is 0.317 e. The molecule has 2 amide bonds. The first-order chi connectivity index (χ1) is 3.68. The second-order valence-electron chi connectivity index (χ2n) is 1.25. The molecule has 0 spiro atoms. The molecular weight excluding hydrogens is 158 g/mol. The number of thiol groups is 1. The van der Waals surface area contributed by atoms with Gasteiger partial charge in [0.2, 0.25) is 9.84 Å². The van der Waals surface area contributed by atoms with Gasteiger partial charge in [-0.3, -0.25) is 3.97 Å². The van der Waals surface area contributed by atoms with Gasteiger partial charge in [-0.15, -0.1) is 0 Å². The number of carbonyl (C=O) groups is 1. The van der Waals surface area contributed by atoms with Crippen LogP contribution in [0.2, 0.25) is 0 Å². The van der Waals surface area contributed by atoms with Crippen molar-refractivity contribution >= 4 is 39.1 Å². The minimum Gasteiger partial charge on any atom is -0.355 e. The zero-order chi connectivity index (χ0) is 6.57. The van der Waals surface area contributed by atoms with Crippen molar-refractivity contribution in [2.75, 3.05) is 0 Å². The van der Waals surface area contributed by atoms with Gasteiger partial charge in [0, 0.05) is 0 Å². The van der Waals surface area contributed by atoms with E-state index in [0.717, 1.165) is 10.4 Å². The molecule has 0 saturated carbocycles. The van der Waals surface area contributed by atoms with E-state index in [4.69, 9.17) is 5.73 Å². The van der Waals surface area contributed by atoms with Crippen molar-refractivity contribution in [2.24, 2.45) is 5.73 Å². The molecule has 0 aliphatic rings. The number of carbonyl (C=O) groups excluding carboxylic acids is 1. The molecule has 0 aliphatic carbocycles. The lowest BCUT2D eigenvalue weighted by atomic mass is 11.2. The standard InChI is InChI=1S/CH9N3OSSi2/c2-1(5)4(6)8-3-7/h3,6H,8H2,7H3,(H2,2,5). The van der Waals surface area contributed by atoms with Gasteiger partial charge in [0.25, 0.3) is 0 Å². The molecule has 0 aromatic carbocycles. The molecule has 4 nitrogen and oxygen atoms in total. The van der Waals surface area contributed by atoms with Crippen molar-refractivity contribution in [1.29, 1.82) is 0 Å². The molecule has 0 heterocycles. The van der Waals surface area contributed by atoms with Gasteiger partial charge in [0.1, 0.15) is 0 Å². The normalized spacial score (nSPS) is 10.6. The molecule has 0 aliphatic heterocycles. The van der Waals surface area contributed by atoms with E-state index in [2.05, 4.69) is 17.5 Å². The molecule has 0 bridgehead atoms. The van der Waals surface area contributed by atoms with E-state index in [1.807, 2.05) is 0 Å². The molecule has 0 saturated heterocycles. The number of urea groups is 1. The van der Waals surface area contributed by atoms with Crippen LogP contribution in [0.1, 0.15) is 0 Å². The first-order valence-corrected chi connectivity index (χ1v) is 4.83. The Kier molecular flexibility index (Phi) is 3.96. The predicted molar refractivity (Wildman–Crippen MR) is 42.0 cm³/mol. The van der Waals surface area contributed by atoms with Crippen molar-refractivity contribution < 1.29 is 4.79 Å². The molecular formula is CH9N3OSSi2. The summed E-state index contributed by atoms with van der Waals surface area (Å²) in [5.41, 5.74) is 4.84. The summed E-state index contributed by atoms with van der Waals surface area (Å²) in [5.74, 6) is 0. The SMILES string of the molecule is NC(=O)N(S)[SiH2]N[SiH3]. The van der Waals surface area contributed by atoms with Crippen LogP contribution in [-0.2, 0) is 0 Å². The molecule has 0 aromatic rings. The third-order valence-corrected chi connectivity index (χ3v) is 3.06. The average Bonchev–Trinajstić information content (AvgIpc) is 1.67. The highest BCUT2D eigenvalue weighted by molar-refractivity contribution is 7.79. The number of hydrogen-bond donors (Lipinski definition) is 3. The molecule has 48 valence electrons. The zero-order valence-electron chi connectivity index (χ0n) is 4.59. The van der Waals surface area contributed by atoms with Gasteiger partial charge >= 0.3 is 6.03 Å². The van der Waals surface area contributed by atoms with Crippen LogP contribution in [0, 0.1) is 0 Å². The summed E-state index contributed by atoms with van der Waals surface area (Å²) in [6.07, 6.45) is 0. The highest BCUT2D eigenvalue weighted by Crippen LogP contribution is 1.83. The van der Waals surface area contributed by atoms with Crippen LogP contribution < -0.4 is 10.4 Å². The molecule has 0 radical (unpaired) electrons. The maximum absolute atomic E-state index is 10.2. The second kappa shape index (κ2) is 3.95. The molecule has 3 N–H and O–H groups in total. The average molecular weight is 167 g/mol. The largest absolute Gasteiger partial charge is 0.355 e. The van der Waals surface area contributed by atoms with Crippen LogP contribution in [0.5, 0.6) is 0 Å². The number of nitrogens with zero attached hydrogens (tertiary/aromatic N) is 1. The van der Waals surface area contributed by atoms with E-state index in [1.54, 1.807) is 0 Å². The fourth-order valence-electron chi connectivity index (χ4n) is 0.228. The minimum atomic E-state index is -0.667. The van der Waals surface area contributed by atoms with Crippen LogP contribution >= 0.6 is 12.8 Å². The van der Waals surface area contributed by atoms with Crippen LogP contribution in [0.15, 0.2) is 0 Å². The third-order valence-electron chi connectivity index (χ3n) is 0.562. The number of rotatable bonds is 2. The highest BCUT2D eigenvalue weighted by Gasteiger charge is 1.99. The van der Waals surface area contributed by atoms with Gasteiger partial charge in [0.15, 0.2) is 0 Å². The monoisotopic (exact) mass is 167 g/mol. The van der Waals surface area contributed by atoms with E-state index < -0.39 is 15.9 Å². The van der Waals surface area contributed by atoms with E-state index in [9.17, 15) is 4.79 Å². The quantitative estimate of drug-likeness (QED) is 0.305. The number of nitrogens with one attached hydrogen (secondary N) is 1. The highest BCUT2D eigenvalue weighted by atomic mass is 32.1. The predicted octanol–water partition coefficient (Wildman–Crippen LogP) is -2.92. The maximum Gasteiger partial charge on any atom is 0.317 e. The van der Waals surface area contributed by atoms with Gasteiger partial charge in [0.05, 0.1) is 10.4 Å². The van der Waals surface area contributed by atoms with Gasteiger partial charge in [-0.2, -0.15) is 0 Å². The molecule has 0 unspecified atom stereocenters. The van der Waals surface area contributed by atoms with Crippen LogP contribution in [0.25, 0.3) is 0 Å². The number of amides is 2. The van der Waals surface area contributed by atoms with Crippen molar-refractivity contribution in [3.05, 3.63) is 0 Å². The van der Waals surface area contributed by atoms with Crippen molar-refractivity contribution in [3.63, 3.8) is 0 Å². The fourth-order valence-corrected chi connectivity index (χ4v) is 2.85. The van der Waals surface area contributed by atoms with E-state index in [-0.39, 0.29) is 0 Å². The minimum absolute atomic E-state index is 0.469. The Labute approximate surface area is 58.8 Å². The Morgan fingerprint density at radius 1 is 2.00 bits per heavy atom. The number of hydrogen-bond acceptors (Lipinski definition) is 3. The van der Waals surface area contributed by atoms with Gasteiger partial charge in [-0.1, -0.05) is 12.8 Å². The van der Waals surface area contributed by atoms with Gasteiger partial charge < -0.3 is 10.4 Å². The van der Waals surface area contributed by atoms with Gasteiger partial charge in [-0.25, -0.2) is 4.79 Å². The van der Waals surface area contributed by atoms with Crippen LogP contribution in [-0.4, -0.2) is 30.2 Å². The fraction of sp³-hybridized carbons (Fsp3) is 0. The summed E-state index contributed by atoms with van der Waals surface area (Å²) in [4.78, 5) is 10.2. The summed E-state index contributed by atoms with van der Waals surface area (Å²) in [5, 5.41) is 0. The summed E-state index contributed by atoms with van der Waals surface area (Å²) >= 11 is 3.79. The van der Waals surface area contributed by atoms with E-state index in [0.29, 0.717) is 0 Å². The summed E-state index contributed by atoms with van der Waals surface area (Å²) in [7, 11) is 0.229. The van der Waals surface area contributed by atoms with Crippen LogP contribution in [0.3, 0.4) is 0 Å². The molecule has 0 rings (SSSR count). The Bertz CT molecular complexity index is 89.4. The van der Waals surface area contributed by atoms with Gasteiger partial charge in [-0.05, 0) is 0 Å². The molecule has 0 fully saturated rings. The zero-order valence-corrected chi connectivity index (χ0v) is 8.90. The number of primary amides is 1. The van der Waals surface area contributed by atoms with Crippen LogP contribution in [0.4, 0.5) is 4.79 Å². The van der Waals surface area contributed by atoms with E-state index in [1.165, 1.54) is 3.97 Å². The molecule has 7 heteroatoms. The molecule has 0 atom stereocenters. The van der Waals surface area contributed by atoms with Crippen molar-refractivity contribution in [1.82, 2.24) is 8.62 Å². The topological polar surface area (TPSA) is 58.4 Å². The van der Waals surface area contributed by atoms with Crippen molar-refractivity contribution in [2.45, 2.75) is 0 Å². The summed E-state index contributed by atoms with van der Waals surface area (Å²) < 4.78 is 4.22. The first kappa shape index (κ1) is 8.01. The third kappa shape index (κ3) is 3.07. The summed E-state index contributed by atoms with van der Waals surface area (Å²) in [6, 6.07) is -0.469. The Morgan fingerprint density at radius 3 is 2.62 bits per heavy atom. The Morgan fingerprint density at radius 2 is 2.50 bits per heavy atom. The molecule has 0 aromatic heterocycles. The Hall–Kier alpha value is 0.0138. The Balaban J connectivity index is 3.32. The first-order valence-electron chi connectivity index (χ1n) is 2.09. The lowest BCUT2D eigenvalue weighted by Gasteiger charge is -2.09. The summed E-state index contributed by atoms with van der Waals surface area (Å²) in [6.45, 7) is 0.